The Kier molecular flexibility index (Phi) is 3.32. The second-order valence-corrected chi connectivity index (χ2v) is 6.47. The van der Waals surface area contributed by atoms with E-state index in [9.17, 15) is 9.59 Å². The maximum Gasteiger partial charge on any atom is 0.308 e. The molecule has 1 saturated carbocycles. The van der Waals surface area contributed by atoms with E-state index in [1.54, 1.807) is 0 Å². The highest BCUT2D eigenvalue weighted by Crippen LogP contribution is 2.38. The van der Waals surface area contributed by atoms with E-state index >= 15 is 0 Å². The smallest absolute Gasteiger partial charge is 0.308 e. The first-order valence-electron chi connectivity index (χ1n) is 6.54. The first kappa shape index (κ1) is 13.6. The molecule has 1 N–H and O–H groups in total. The lowest BCUT2D eigenvalue weighted by Gasteiger charge is -2.17. The Bertz CT molecular complexity index is 775. The molecule has 1 aliphatic carbocycles. The molecule has 5 heteroatoms. The number of carboxylic acids is 1. The van der Waals surface area contributed by atoms with Crippen molar-refractivity contribution in [2.24, 2.45) is 0 Å². The zero-order chi connectivity index (χ0) is 14.4. The van der Waals surface area contributed by atoms with Gasteiger partial charge in [-0.1, -0.05) is 0 Å². The average molecular weight is 383 g/mol. The molecule has 0 bridgehead atoms. The van der Waals surface area contributed by atoms with E-state index < -0.39 is 5.97 Å². The largest absolute Gasteiger partial charge is 0.481 e. The van der Waals surface area contributed by atoms with Gasteiger partial charge in [0.2, 0.25) is 0 Å². The van der Waals surface area contributed by atoms with E-state index in [1.807, 2.05) is 25.1 Å². The van der Waals surface area contributed by atoms with Crippen LogP contribution in [0.1, 0.15) is 30.1 Å². The SMILES string of the molecule is Cc1c(CC(=O)O)c(=O)c2cc(I)ccc2n1C1CC1. The summed E-state index contributed by atoms with van der Waals surface area (Å²) in [5, 5.41) is 9.67. The van der Waals surface area contributed by atoms with Crippen molar-refractivity contribution in [1.29, 1.82) is 0 Å². The zero-order valence-corrected chi connectivity index (χ0v) is 13.2. The number of nitrogens with zero attached hydrogens (tertiary/aromatic N) is 1. The maximum atomic E-state index is 12.6. The quantitative estimate of drug-likeness (QED) is 0.830. The minimum atomic E-state index is -0.961. The van der Waals surface area contributed by atoms with Crippen molar-refractivity contribution in [1.82, 2.24) is 4.57 Å². The molecule has 104 valence electrons. The van der Waals surface area contributed by atoms with Gasteiger partial charge in [-0.15, -0.1) is 0 Å². The number of halogens is 1. The molecule has 0 amide bonds. The van der Waals surface area contributed by atoms with Crippen LogP contribution in [0.4, 0.5) is 0 Å². The Hall–Kier alpha value is -1.37. The molecule has 20 heavy (non-hydrogen) atoms. The number of carboxylic acid groups (broad SMARTS) is 1. The van der Waals surface area contributed by atoms with Gasteiger partial charge < -0.3 is 9.67 Å². The summed E-state index contributed by atoms with van der Waals surface area (Å²) in [5.74, 6) is -0.961. The number of fused-ring (bicyclic) bond motifs is 1. The molecule has 3 rings (SSSR count). The van der Waals surface area contributed by atoms with Crippen molar-refractivity contribution < 1.29 is 9.90 Å². The second-order valence-electron chi connectivity index (χ2n) is 5.23. The predicted octanol–water partition coefficient (Wildman–Crippen LogP) is 2.88. The van der Waals surface area contributed by atoms with Crippen LogP contribution in [-0.4, -0.2) is 15.6 Å². The molecule has 2 aromatic rings. The summed E-state index contributed by atoms with van der Waals surface area (Å²) in [6, 6.07) is 6.21. The van der Waals surface area contributed by atoms with Crippen LogP contribution in [0.15, 0.2) is 23.0 Å². The Morgan fingerprint density at radius 1 is 1.45 bits per heavy atom. The predicted molar refractivity (Wildman–Crippen MR) is 85.3 cm³/mol. The fourth-order valence-corrected chi connectivity index (χ4v) is 3.21. The number of hydrogen-bond donors (Lipinski definition) is 1. The molecule has 0 radical (unpaired) electrons. The van der Waals surface area contributed by atoms with Gasteiger partial charge in [-0.25, -0.2) is 0 Å². The van der Waals surface area contributed by atoms with Crippen molar-refractivity contribution in [3.63, 3.8) is 0 Å². The van der Waals surface area contributed by atoms with Gasteiger partial charge in [0.1, 0.15) is 0 Å². The third kappa shape index (κ3) is 2.24. The Morgan fingerprint density at radius 2 is 2.15 bits per heavy atom. The molecule has 1 aliphatic rings. The molecule has 0 spiro atoms. The monoisotopic (exact) mass is 383 g/mol. The summed E-state index contributed by atoms with van der Waals surface area (Å²) >= 11 is 2.17. The Morgan fingerprint density at radius 3 is 2.75 bits per heavy atom. The summed E-state index contributed by atoms with van der Waals surface area (Å²) in [5.41, 5.74) is 1.99. The molecule has 1 aromatic carbocycles. The van der Waals surface area contributed by atoms with Gasteiger partial charge in [0.25, 0.3) is 0 Å². The van der Waals surface area contributed by atoms with Crippen LogP contribution in [0.3, 0.4) is 0 Å². The van der Waals surface area contributed by atoms with Crippen molar-refractivity contribution in [2.75, 3.05) is 0 Å². The number of aromatic nitrogens is 1. The summed E-state index contributed by atoms with van der Waals surface area (Å²) in [4.78, 5) is 23.6. The minimum absolute atomic E-state index is 0.143. The summed E-state index contributed by atoms with van der Waals surface area (Å²) in [6.45, 7) is 1.86. The normalized spacial score (nSPS) is 14.7. The van der Waals surface area contributed by atoms with Gasteiger partial charge in [-0.3, -0.25) is 9.59 Å². The Balaban J connectivity index is 2.39. The lowest BCUT2D eigenvalue weighted by atomic mass is 10.0. The van der Waals surface area contributed by atoms with Crippen LogP contribution in [0.2, 0.25) is 0 Å². The van der Waals surface area contributed by atoms with E-state index in [1.165, 1.54) is 0 Å². The molecule has 1 fully saturated rings. The molecule has 0 unspecified atom stereocenters. The lowest BCUT2D eigenvalue weighted by molar-refractivity contribution is -0.136. The number of benzene rings is 1. The average Bonchev–Trinajstić information content (AvgIpc) is 3.20. The number of rotatable bonds is 3. The number of pyridine rings is 1. The van der Waals surface area contributed by atoms with Crippen molar-refractivity contribution >= 4 is 39.5 Å². The van der Waals surface area contributed by atoms with E-state index in [0.717, 1.165) is 27.6 Å². The Labute approximate surface area is 129 Å². The molecule has 4 nitrogen and oxygen atoms in total. The summed E-state index contributed by atoms with van der Waals surface area (Å²) in [6.07, 6.45) is 1.98. The number of carbonyl (C=O) groups is 1. The molecule has 1 heterocycles. The fourth-order valence-electron chi connectivity index (χ4n) is 2.72. The maximum absolute atomic E-state index is 12.6. The van der Waals surface area contributed by atoms with Crippen LogP contribution in [0, 0.1) is 10.5 Å². The molecule has 0 aliphatic heterocycles. The van der Waals surface area contributed by atoms with Gasteiger partial charge in [0.15, 0.2) is 5.43 Å². The van der Waals surface area contributed by atoms with Gasteiger partial charge in [-0.2, -0.15) is 0 Å². The molecule has 0 atom stereocenters. The van der Waals surface area contributed by atoms with E-state index in [2.05, 4.69) is 27.2 Å². The standard InChI is InChI=1S/C15H14INO3/c1-8-11(7-14(18)19)15(20)12-6-9(16)2-5-13(12)17(8)10-3-4-10/h2,5-6,10H,3-4,7H2,1H3,(H,18,19). The first-order chi connectivity index (χ1) is 9.49. The van der Waals surface area contributed by atoms with Crippen LogP contribution in [0.25, 0.3) is 10.9 Å². The second kappa shape index (κ2) is 4.87. The highest BCUT2D eigenvalue weighted by atomic mass is 127. The van der Waals surface area contributed by atoms with Crippen LogP contribution in [-0.2, 0) is 11.2 Å². The highest BCUT2D eigenvalue weighted by molar-refractivity contribution is 14.1. The van der Waals surface area contributed by atoms with Gasteiger partial charge in [0, 0.05) is 26.3 Å². The van der Waals surface area contributed by atoms with E-state index in [4.69, 9.17) is 5.11 Å². The number of aliphatic carboxylic acids is 1. The van der Waals surface area contributed by atoms with Crippen molar-refractivity contribution in [3.05, 3.63) is 43.2 Å². The van der Waals surface area contributed by atoms with Crippen LogP contribution in [0.5, 0.6) is 0 Å². The molecular formula is C15H14INO3. The van der Waals surface area contributed by atoms with Crippen LogP contribution >= 0.6 is 22.6 Å². The van der Waals surface area contributed by atoms with Gasteiger partial charge >= 0.3 is 5.97 Å². The summed E-state index contributed by atoms with van der Waals surface area (Å²) < 4.78 is 3.13. The van der Waals surface area contributed by atoms with Gasteiger partial charge in [-0.05, 0) is 60.6 Å². The molecular weight excluding hydrogens is 369 g/mol. The van der Waals surface area contributed by atoms with Crippen molar-refractivity contribution in [3.8, 4) is 0 Å². The molecule has 1 aromatic heterocycles. The number of hydrogen-bond acceptors (Lipinski definition) is 2. The fraction of sp³-hybridized carbons (Fsp3) is 0.333. The third-order valence-electron chi connectivity index (χ3n) is 3.77. The van der Waals surface area contributed by atoms with Gasteiger partial charge in [0.05, 0.1) is 11.9 Å². The topological polar surface area (TPSA) is 59.3 Å². The zero-order valence-electron chi connectivity index (χ0n) is 11.0. The highest BCUT2D eigenvalue weighted by Gasteiger charge is 2.28. The minimum Gasteiger partial charge on any atom is -0.481 e. The lowest BCUT2D eigenvalue weighted by Crippen LogP contribution is -2.21. The molecule has 0 saturated heterocycles. The van der Waals surface area contributed by atoms with E-state index in [0.29, 0.717) is 17.0 Å². The van der Waals surface area contributed by atoms with Crippen LogP contribution < -0.4 is 5.43 Å². The van der Waals surface area contributed by atoms with E-state index in [-0.39, 0.29) is 11.8 Å². The first-order valence-corrected chi connectivity index (χ1v) is 7.62. The summed E-state index contributed by atoms with van der Waals surface area (Å²) in [7, 11) is 0. The van der Waals surface area contributed by atoms with Crippen molar-refractivity contribution in [2.45, 2.75) is 32.2 Å². The third-order valence-corrected chi connectivity index (χ3v) is 4.45.